The summed E-state index contributed by atoms with van der Waals surface area (Å²) in [6.07, 6.45) is 0. The van der Waals surface area contributed by atoms with Gasteiger partial charge in [-0.3, -0.25) is 14.2 Å². The number of anilines is 1. The average molecular weight is 696 g/mol. The molecule has 2 N–H and O–H groups in total. The van der Waals surface area contributed by atoms with Gasteiger partial charge in [0.2, 0.25) is 5.91 Å². The van der Waals surface area contributed by atoms with E-state index in [1.165, 1.54) is 14.2 Å². The number of carbonyl (C=O) groups excluding carboxylic acids is 4. The summed E-state index contributed by atoms with van der Waals surface area (Å²) in [6.45, 7) is 8.89. The highest BCUT2D eigenvalue weighted by molar-refractivity contribution is 8.00. The lowest BCUT2D eigenvalue weighted by atomic mass is 10.1. The van der Waals surface area contributed by atoms with Crippen molar-refractivity contribution in [1.29, 1.82) is 0 Å². The van der Waals surface area contributed by atoms with Gasteiger partial charge >= 0.3 is 11.9 Å². The summed E-state index contributed by atoms with van der Waals surface area (Å²) in [4.78, 5) is 52.2. The van der Waals surface area contributed by atoms with Gasteiger partial charge in [0.1, 0.15) is 21.4 Å². The predicted octanol–water partition coefficient (Wildman–Crippen LogP) is 5.37. The summed E-state index contributed by atoms with van der Waals surface area (Å²) in [5.74, 6) is -0.700. The predicted molar refractivity (Wildman–Crippen MR) is 182 cm³/mol. The Morgan fingerprint density at radius 1 is 0.938 bits per heavy atom. The van der Waals surface area contributed by atoms with Crippen LogP contribution in [0.3, 0.4) is 0 Å². The number of nitrogens with zero attached hydrogens (tertiary/aromatic N) is 3. The Kier molecular flexibility index (Phi) is 12.2. The van der Waals surface area contributed by atoms with Crippen LogP contribution >= 0.6 is 23.1 Å². The number of thioether (sulfide) groups is 1. The van der Waals surface area contributed by atoms with Gasteiger partial charge < -0.3 is 29.6 Å². The number of carbonyl (C=O) groups is 4. The number of benzene rings is 2. The number of hydrogen-bond donors (Lipinski definition) is 2. The number of hydrogen-bond acceptors (Lipinski definition) is 12. The molecule has 0 saturated heterocycles. The largest absolute Gasteiger partial charge is 0.497 e. The minimum Gasteiger partial charge on any atom is -0.497 e. The molecule has 1 atom stereocenters. The molecule has 254 valence electrons. The molecule has 15 heteroatoms. The van der Waals surface area contributed by atoms with Gasteiger partial charge in [-0.05, 0) is 70.0 Å². The van der Waals surface area contributed by atoms with Gasteiger partial charge in [0.15, 0.2) is 11.0 Å². The first-order valence-corrected chi connectivity index (χ1v) is 16.7. The maximum Gasteiger partial charge on any atom is 0.348 e. The SMILES string of the molecule is CCOC(=O)c1sc(NC(=O)C(C)Sc2nnc(CNC(=O)c3cc(OC)cc(OC)c3)n2-c2cccc(C)c2)c(C(=O)OCC)c1C. The van der Waals surface area contributed by atoms with Crippen LogP contribution in [0.2, 0.25) is 0 Å². The number of esters is 2. The third-order valence-corrected chi connectivity index (χ3v) is 9.19. The summed E-state index contributed by atoms with van der Waals surface area (Å²) in [5, 5.41) is 14.2. The summed E-state index contributed by atoms with van der Waals surface area (Å²) in [7, 11) is 3.01. The smallest absolute Gasteiger partial charge is 0.348 e. The van der Waals surface area contributed by atoms with Crippen LogP contribution in [0.4, 0.5) is 5.00 Å². The fourth-order valence-corrected chi connectivity index (χ4v) is 6.56. The van der Waals surface area contributed by atoms with Gasteiger partial charge in [0, 0.05) is 17.3 Å². The van der Waals surface area contributed by atoms with Crippen molar-refractivity contribution in [2.24, 2.45) is 0 Å². The summed E-state index contributed by atoms with van der Waals surface area (Å²) >= 11 is 2.09. The van der Waals surface area contributed by atoms with Crippen LogP contribution in [0.1, 0.15) is 68.1 Å². The highest BCUT2D eigenvalue weighted by Crippen LogP contribution is 2.35. The molecule has 0 aliphatic heterocycles. The van der Waals surface area contributed by atoms with E-state index in [1.54, 1.807) is 50.5 Å². The molecule has 0 bridgehead atoms. The van der Waals surface area contributed by atoms with Crippen LogP contribution in [-0.4, -0.2) is 71.2 Å². The molecule has 0 fully saturated rings. The average Bonchev–Trinajstić information content (AvgIpc) is 3.62. The normalized spacial score (nSPS) is 11.4. The Balaban J connectivity index is 1.59. The lowest BCUT2D eigenvalue weighted by Crippen LogP contribution is -2.25. The topological polar surface area (TPSA) is 160 Å². The van der Waals surface area contributed by atoms with Gasteiger partial charge in [-0.1, -0.05) is 23.9 Å². The molecular formula is C33H37N5O8S2. The Morgan fingerprint density at radius 3 is 2.23 bits per heavy atom. The Labute approximate surface area is 286 Å². The van der Waals surface area contributed by atoms with Crippen molar-refractivity contribution in [3.8, 4) is 17.2 Å². The monoisotopic (exact) mass is 695 g/mol. The van der Waals surface area contributed by atoms with Crippen LogP contribution in [0, 0.1) is 13.8 Å². The third kappa shape index (κ3) is 8.33. The van der Waals surface area contributed by atoms with Crippen LogP contribution in [0.25, 0.3) is 5.69 Å². The van der Waals surface area contributed by atoms with Crippen molar-refractivity contribution < 1.29 is 38.1 Å². The van der Waals surface area contributed by atoms with Crippen LogP contribution in [-0.2, 0) is 20.8 Å². The molecule has 13 nitrogen and oxygen atoms in total. The zero-order valence-corrected chi connectivity index (χ0v) is 29.3. The van der Waals surface area contributed by atoms with Crippen molar-refractivity contribution >= 4 is 51.9 Å². The van der Waals surface area contributed by atoms with Crippen molar-refractivity contribution in [3.05, 3.63) is 75.4 Å². The van der Waals surface area contributed by atoms with E-state index in [4.69, 9.17) is 18.9 Å². The van der Waals surface area contributed by atoms with Gasteiger partial charge in [0.25, 0.3) is 5.91 Å². The number of methoxy groups -OCH3 is 2. The molecule has 1 unspecified atom stereocenters. The van der Waals surface area contributed by atoms with Crippen LogP contribution in [0.15, 0.2) is 47.6 Å². The zero-order valence-electron chi connectivity index (χ0n) is 27.7. The number of nitrogens with one attached hydrogen (secondary N) is 2. The molecule has 2 heterocycles. The minimum absolute atomic E-state index is 0.0223. The maximum absolute atomic E-state index is 13.5. The molecule has 4 rings (SSSR count). The first-order chi connectivity index (χ1) is 23.0. The third-order valence-electron chi connectivity index (χ3n) is 6.96. The molecule has 2 aromatic heterocycles. The van der Waals surface area contributed by atoms with Crippen molar-refractivity contribution in [3.63, 3.8) is 0 Å². The second-order valence-corrected chi connectivity index (χ2v) is 12.6. The molecule has 48 heavy (non-hydrogen) atoms. The summed E-state index contributed by atoms with van der Waals surface area (Å²) in [6, 6.07) is 12.5. The number of amides is 2. The molecule has 0 aliphatic carbocycles. The quantitative estimate of drug-likeness (QED) is 0.129. The number of aryl methyl sites for hydroxylation is 1. The summed E-state index contributed by atoms with van der Waals surface area (Å²) < 4.78 is 22.7. The van der Waals surface area contributed by atoms with E-state index in [1.807, 2.05) is 31.2 Å². The maximum atomic E-state index is 13.5. The fourth-order valence-electron chi connectivity index (χ4n) is 4.58. The Bertz CT molecular complexity index is 1800. The van der Waals surface area contributed by atoms with Crippen molar-refractivity contribution in [2.75, 3.05) is 32.8 Å². The van der Waals surface area contributed by atoms with E-state index in [9.17, 15) is 19.2 Å². The van der Waals surface area contributed by atoms with Gasteiger partial charge in [-0.15, -0.1) is 21.5 Å². The first-order valence-electron chi connectivity index (χ1n) is 15.0. The second kappa shape index (κ2) is 16.3. The van der Waals surface area contributed by atoms with E-state index in [-0.39, 0.29) is 41.1 Å². The Hall–Kier alpha value is -4.89. The van der Waals surface area contributed by atoms with Gasteiger partial charge in [-0.25, -0.2) is 9.59 Å². The van der Waals surface area contributed by atoms with E-state index in [0.29, 0.717) is 33.6 Å². The van der Waals surface area contributed by atoms with Crippen LogP contribution in [0.5, 0.6) is 11.5 Å². The fraction of sp³-hybridized carbons (Fsp3) is 0.333. The summed E-state index contributed by atoms with van der Waals surface area (Å²) in [5.41, 5.74) is 2.53. The molecule has 4 aromatic rings. The lowest BCUT2D eigenvalue weighted by molar-refractivity contribution is -0.115. The van der Waals surface area contributed by atoms with E-state index in [0.717, 1.165) is 34.3 Å². The highest BCUT2D eigenvalue weighted by atomic mass is 32.2. The second-order valence-electron chi connectivity index (χ2n) is 10.3. The van der Waals surface area contributed by atoms with Crippen molar-refractivity contribution in [2.45, 2.75) is 51.6 Å². The highest BCUT2D eigenvalue weighted by Gasteiger charge is 2.29. The number of rotatable bonds is 14. The standard InChI is InChI=1S/C33H37N5O8S2/c1-8-45-31(41)26-19(4)27(32(42)46-9-2)48-30(26)35-28(39)20(5)47-33-37-36-25(38(33)22-12-10-11-18(3)13-22)17-34-29(40)21-14-23(43-6)16-24(15-21)44-7/h10-16,20H,8-9,17H2,1-7H3,(H,34,40)(H,35,39). The van der Waals surface area contributed by atoms with E-state index in [2.05, 4.69) is 20.8 Å². The van der Waals surface area contributed by atoms with Crippen molar-refractivity contribution in [1.82, 2.24) is 20.1 Å². The molecule has 0 spiro atoms. The van der Waals surface area contributed by atoms with Gasteiger partial charge in [-0.2, -0.15) is 0 Å². The molecule has 0 aliphatic rings. The lowest BCUT2D eigenvalue weighted by Gasteiger charge is -2.15. The number of thiophene rings is 1. The molecule has 0 saturated carbocycles. The zero-order chi connectivity index (χ0) is 35.0. The number of ether oxygens (including phenoxy) is 4. The molecular weight excluding hydrogens is 659 g/mol. The Morgan fingerprint density at radius 2 is 1.60 bits per heavy atom. The van der Waals surface area contributed by atoms with E-state index < -0.39 is 23.1 Å². The van der Waals surface area contributed by atoms with Gasteiger partial charge in [0.05, 0.1) is 44.8 Å². The van der Waals surface area contributed by atoms with E-state index >= 15 is 0 Å². The first kappa shape index (κ1) is 36.0. The molecule has 0 radical (unpaired) electrons. The molecule has 2 aromatic carbocycles. The van der Waals surface area contributed by atoms with Crippen LogP contribution < -0.4 is 20.1 Å². The minimum atomic E-state index is -0.729. The number of aromatic nitrogens is 3. The molecule has 2 amide bonds.